The fourth-order valence-corrected chi connectivity index (χ4v) is 3.99. The van der Waals surface area contributed by atoms with Crippen LogP contribution in [0.5, 0.6) is 0 Å². The summed E-state index contributed by atoms with van der Waals surface area (Å²) >= 11 is 0. The van der Waals surface area contributed by atoms with E-state index in [0.29, 0.717) is 32.3 Å². The van der Waals surface area contributed by atoms with Gasteiger partial charge in [0, 0.05) is 53.3 Å². The highest BCUT2D eigenvalue weighted by molar-refractivity contribution is 5.80. The van der Waals surface area contributed by atoms with E-state index in [1.807, 2.05) is 41.5 Å². The Hall–Kier alpha value is -1.58. The monoisotopic (exact) mass is 428 g/mol. The first kappa shape index (κ1) is 24.7. The van der Waals surface area contributed by atoms with E-state index in [4.69, 9.17) is 18.9 Å². The molecule has 0 aromatic heterocycles. The van der Waals surface area contributed by atoms with Crippen LogP contribution in [0.15, 0.2) is 4.99 Å². The zero-order valence-corrected chi connectivity index (χ0v) is 19.8. The topological polar surface area (TPSA) is 93.7 Å². The zero-order chi connectivity index (χ0) is 22.6. The van der Waals surface area contributed by atoms with Crippen molar-refractivity contribution in [3.8, 4) is 0 Å². The second-order valence-corrected chi connectivity index (χ2v) is 9.49. The molecule has 2 atom stereocenters. The molecule has 0 bridgehead atoms. The maximum atomic E-state index is 12.9. The molecule has 1 amide bonds. The van der Waals surface area contributed by atoms with Gasteiger partial charge in [0.05, 0.1) is 17.7 Å². The van der Waals surface area contributed by atoms with Crippen molar-refractivity contribution in [1.82, 2.24) is 15.5 Å². The number of amides is 1. The molecule has 0 saturated carbocycles. The van der Waals surface area contributed by atoms with E-state index < -0.39 is 11.3 Å². The molecule has 0 aromatic carbocycles. The number of hydrogen-bond donors (Lipinski definition) is 2. The van der Waals surface area contributed by atoms with Crippen molar-refractivity contribution in [1.29, 1.82) is 0 Å². The van der Waals surface area contributed by atoms with Gasteiger partial charge in [-0.15, -0.1) is 0 Å². The summed E-state index contributed by atoms with van der Waals surface area (Å²) < 4.78 is 22.9. The van der Waals surface area contributed by atoms with Crippen molar-refractivity contribution >= 4 is 12.1 Å². The first-order chi connectivity index (χ1) is 13.9. The number of nitrogens with one attached hydrogen (secondary N) is 2. The Morgan fingerprint density at radius 2 is 1.87 bits per heavy atom. The van der Waals surface area contributed by atoms with Gasteiger partial charge in [-0.2, -0.15) is 0 Å². The lowest BCUT2D eigenvalue weighted by Crippen LogP contribution is -2.55. The van der Waals surface area contributed by atoms with Crippen molar-refractivity contribution < 1.29 is 23.7 Å². The Morgan fingerprint density at radius 1 is 1.23 bits per heavy atom. The molecule has 9 nitrogen and oxygen atoms in total. The first-order valence-corrected chi connectivity index (χ1v) is 10.7. The van der Waals surface area contributed by atoms with Crippen LogP contribution in [0.4, 0.5) is 4.79 Å². The molecule has 2 unspecified atom stereocenters. The average Bonchev–Trinajstić information content (AvgIpc) is 2.89. The Kier molecular flexibility index (Phi) is 7.98. The molecule has 2 saturated heterocycles. The molecule has 2 fully saturated rings. The Morgan fingerprint density at radius 3 is 2.40 bits per heavy atom. The molecule has 30 heavy (non-hydrogen) atoms. The molecule has 2 aliphatic rings. The SMILES string of the molecule is CN=C(NCC1C(C)OC(C)(C)N1C(=O)OC(C)(C)C)NCC1(OC)CCOCC1. The fraction of sp³-hybridized carbons (Fsp3) is 0.905. The van der Waals surface area contributed by atoms with Gasteiger partial charge in [-0.3, -0.25) is 9.89 Å². The van der Waals surface area contributed by atoms with Gasteiger partial charge < -0.3 is 29.6 Å². The normalized spacial score (nSPS) is 26.4. The average molecular weight is 429 g/mol. The van der Waals surface area contributed by atoms with Gasteiger partial charge in [0.1, 0.15) is 11.3 Å². The van der Waals surface area contributed by atoms with Crippen molar-refractivity contribution in [3.63, 3.8) is 0 Å². The smallest absolute Gasteiger partial charge is 0.412 e. The number of ether oxygens (including phenoxy) is 4. The molecule has 2 N–H and O–H groups in total. The van der Waals surface area contributed by atoms with Crippen LogP contribution in [0, 0.1) is 0 Å². The largest absolute Gasteiger partial charge is 0.444 e. The highest BCUT2D eigenvalue weighted by Gasteiger charge is 2.49. The van der Waals surface area contributed by atoms with Crippen LogP contribution < -0.4 is 10.6 Å². The second-order valence-electron chi connectivity index (χ2n) is 9.49. The maximum Gasteiger partial charge on any atom is 0.412 e. The highest BCUT2D eigenvalue weighted by atomic mass is 16.6. The van der Waals surface area contributed by atoms with Crippen LogP contribution in [-0.2, 0) is 18.9 Å². The number of carbonyl (C=O) groups is 1. The Balaban J connectivity index is 2.00. The lowest BCUT2D eigenvalue weighted by Gasteiger charge is -2.37. The van der Waals surface area contributed by atoms with Crippen molar-refractivity contribution in [3.05, 3.63) is 0 Å². The van der Waals surface area contributed by atoms with Gasteiger partial charge >= 0.3 is 6.09 Å². The summed E-state index contributed by atoms with van der Waals surface area (Å²) in [7, 11) is 3.46. The first-order valence-electron chi connectivity index (χ1n) is 10.7. The molecule has 0 spiro atoms. The maximum absolute atomic E-state index is 12.9. The van der Waals surface area contributed by atoms with Gasteiger partial charge in [-0.1, -0.05) is 0 Å². The van der Waals surface area contributed by atoms with E-state index in [1.165, 1.54) is 0 Å². The number of methoxy groups -OCH3 is 1. The van der Waals surface area contributed by atoms with Crippen LogP contribution in [0.1, 0.15) is 54.4 Å². The molecule has 2 heterocycles. The highest BCUT2D eigenvalue weighted by Crippen LogP contribution is 2.33. The summed E-state index contributed by atoms with van der Waals surface area (Å²) in [6.07, 6.45) is 1.13. The molecule has 2 aliphatic heterocycles. The molecule has 174 valence electrons. The zero-order valence-electron chi connectivity index (χ0n) is 19.8. The number of carbonyl (C=O) groups excluding carboxylic acids is 1. The minimum Gasteiger partial charge on any atom is -0.444 e. The van der Waals surface area contributed by atoms with Gasteiger partial charge in [-0.25, -0.2) is 4.79 Å². The van der Waals surface area contributed by atoms with E-state index in [9.17, 15) is 4.79 Å². The quantitative estimate of drug-likeness (QED) is 0.512. The number of nitrogens with zero attached hydrogens (tertiary/aromatic N) is 2. The second kappa shape index (κ2) is 9.70. The predicted octanol–water partition coefficient (Wildman–Crippen LogP) is 2.11. The fourth-order valence-electron chi connectivity index (χ4n) is 3.99. The van der Waals surface area contributed by atoms with Gasteiger partial charge in [0.25, 0.3) is 0 Å². The Labute approximate surface area is 180 Å². The van der Waals surface area contributed by atoms with E-state index in [1.54, 1.807) is 19.1 Å². The van der Waals surface area contributed by atoms with E-state index in [-0.39, 0.29) is 23.8 Å². The van der Waals surface area contributed by atoms with Crippen LogP contribution in [0.2, 0.25) is 0 Å². The summed E-state index contributed by atoms with van der Waals surface area (Å²) in [6, 6.07) is -0.201. The van der Waals surface area contributed by atoms with E-state index >= 15 is 0 Å². The number of guanidine groups is 1. The number of aliphatic imine (C=N–C) groups is 1. The summed E-state index contributed by atoms with van der Waals surface area (Å²) in [6.45, 7) is 13.8. The predicted molar refractivity (Wildman–Crippen MR) is 116 cm³/mol. The molecular weight excluding hydrogens is 388 g/mol. The van der Waals surface area contributed by atoms with E-state index in [0.717, 1.165) is 12.8 Å². The molecule has 0 aromatic rings. The minimum atomic E-state index is -0.757. The van der Waals surface area contributed by atoms with E-state index in [2.05, 4.69) is 15.6 Å². The molecular formula is C21H40N4O5. The van der Waals surface area contributed by atoms with Gasteiger partial charge in [-0.05, 0) is 41.5 Å². The summed E-state index contributed by atoms with van der Waals surface area (Å²) in [5.41, 5.74) is -1.59. The molecule has 0 radical (unpaired) electrons. The van der Waals surface area contributed by atoms with Crippen molar-refractivity contribution in [2.45, 2.75) is 83.5 Å². The number of hydrogen-bond acceptors (Lipinski definition) is 6. The van der Waals surface area contributed by atoms with Crippen LogP contribution in [0.25, 0.3) is 0 Å². The summed E-state index contributed by atoms with van der Waals surface area (Å²) in [5.74, 6) is 0.652. The summed E-state index contributed by atoms with van der Waals surface area (Å²) in [4.78, 5) is 18.9. The van der Waals surface area contributed by atoms with Gasteiger partial charge in [0.15, 0.2) is 5.96 Å². The van der Waals surface area contributed by atoms with Gasteiger partial charge in [0.2, 0.25) is 0 Å². The van der Waals surface area contributed by atoms with Crippen LogP contribution >= 0.6 is 0 Å². The third kappa shape index (κ3) is 6.21. The molecule has 9 heteroatoms. The number of rotatable bonds is 5. The van der Waals surface area contributed by atoms with Crippen LogP contribution in [-0.4, -0.2) is 86.5 Å². The van der Waals surface area contributed by atoms with Crippen LogP contribution in [0.3, 0.4) is 0 Å². The lowest BCUT2D eigenvalue weighted by atomic mass is 9.94. The minimum absolute atomic E-state index is 0.154. The lowest BCUT2D eigenvalue weighted by molar-refractivity contribution is -0.0855. The van der Waals surface area contributed by atoms with Crippen molar-refractivity contribution in [2.24, 2.45) is 4.99 Å². The molecule has 2 rings (SSSR count). The standard InChI is InChI=1S/C21H40N4O5/c1-15-16(25(20(5,6)29-15)18(26)30-19(2,3)4)13-23-17(22-7)24-14-21(27-8)9-11-28-12-10-21/h15-16H,9-14H2,1-8H3,(H2,22,23,24). The molecule has 0 aliphatic carbocycles. The van der Waals surface area contributed by atoms with Crippen molar-refractivity contribution in [2.75, 3.05) is 40.5 Å². The Bertz CT molecular complexity index is 611. The summed E-state index contributed by atoms with van der Waals surface area (Å²) in [5, 5.41) is 6.69. The third-order valence-corrected chi connectivity index (χ3v) is 5.64. The third-order valence-electron chi connectivity index (χ3n) is 5.64.